The lowest BCUT2D eigenvalue weighted by molar-refractivity contribution is -0.118. The lowest BCUT2D eigenvalue weighted by Gasteiger charge is -2.20. The van der Waals surface area contributed by atoms with Gasteiger partial charge in [-0.1, -0.05) is 11.6 Å². The summed E-state index contributed by atoms with van der Waals surface area (Å²) in [6.45, 7) is -0.262. The van der Waals surface area contributed by atoms with Crippen molar-refractivity contribution < 1.29 is 23.1 Å². The molecular formula is C25H21ClF2N4O4. The fraction of sp³-hybridized carbons (Fsp3) is 0.280. The minimum absolute atomic E-state index is 0.0321. The first kappa shape index (κ1) is 23.9. The highest BCUT2D eigenvalue weighted by atomic mass is 35.5. The van der Waals surface area contributed by atoms with E-state index in [0.29, 0.717) is 5.02 Å². The minimum atomic E-state index is -1.36. The van der Waals surface area contributed by atoms with Crippen molar-refractivity contribution in [1.29, 1.82) is 0 Å². The molecule has 2 heterocycles. The van der Waals surface area contributed by atoms with E-state index in [2.05, 4.69) is 10.3 Å². The van der Waals surface area contributed by atoms with Crippen LogP contribution in [0.25, 0.3) is 0 Å². The summed E-state index contributed by atoms with van der Waals surface area (Å²) < 4.78 is 36.6. The van der Waals surface area contributed by atoms with E-state index >= 15 is 8.78 Å². The van der Waals surface area contributed by atoms with E-state index in [4.69, 9.17) is 16.3 Å². The van der Waals surface area contributed by atoms with Gasteiger partial charge < -0.3 is 14.6 Å². The molecule has 8 nitrogen and oxygen atoms in total. The van der Waals surface area contributed by atoms with Gasteiger partial charge in [-0.25, -0.2) is 13.8 Å². The van der Waals surface area contributed by atoms with E-state index in [1.807, 2.05) is 0 Å². The number of aromatic nitrogens is 2. The summed E-state index contributed by atoms with van der Waals surface area (Å²) in [6, 6.07) is 6.62. The van der Waals surface area contributed by atoms with Crippen LogP contribution in [0.1, 0.15) is 40.7 Å². The number of carbonyl (C=O) groups is 2. The normalized spacial score (nSPS) is 19.4. The number of nitrogens with zero attached hydrogens (tertiary/aromatic N) is 3. The molecule has 2 fully saturated rings. The second-order valence-electron chi connectivity index (χ2n) is 8.71. The van der Waals surface area contributed by atoms with Crippen molar-refractivity contribution >= 4 is 29.2 Å². The number of nitrogens with one attached hydrogen (secondary N) is 1. The van der Waals surface area contributed by atoms with Crippen LogP contribution in [0.3, 0.4) is 0 Å². The van der Waals surface area contributed by atoms with Crippen molar-refractivity contribution in [3.63, 3.8) is 0 Å². The predicted octanol–water partition coefficient (Wildman–Crippen LogP) is 3.45. The summed E-state index contributed by atoms with van der Waals surface area (Å²) in [6.07, 6.45) is 4.62. The van der Waals surface area contributed by atoms with Crippen molar-refractivity contribution in [2.45, 2.75) is 30.8 Å². The average Bonchev–Trinajstić information content (AvgIpc) is 3.65. The number of ether oxygens (including phenoxy) is 1. The molecule has 0 radical (unpaired) electrons. The van der Waals surface area contributed by atoms with Crippen LogP contribution < -0.4 is 20.5 Å². The molecule has 3 aromatic rings. The lowest BCUT2D eigenvalue weighted by Crippen LogP contribution is -2.45. The van der Waals surface area contributed by atoms with Crippen LogP contribution in [0.2, 0.25) is 5.02 Å². The molecule has 1 aromatic heterocycles. The molecule has 1 aliphatic carbocycles. The lowest BCUT2D eigenvalue weighted by atomic mass is 9.92. The molecule has 36 heavy (non-hydrogen) atoms. The van der Waals surface area contributed by atoms with Crippen molar-refractivity contribution in [2.24, 2.45) is 0 Å². The third-order valence-electron chi connectivity index (χ3n) is 6.41. The molecule has 1 aliphatic heterocycles. The van der Waals surface area contributed by atoms with Crippen molar-refractivity contribution in [3.8, 4) is 5.75 Å². The summed E-state index contributed by atoms with van der Waals surface area (Å²) in [5.74, 6) is -4.54. The Hall–Kier alpha value is -3.79. The number of rotatable bonds is 6. The van der Waals surface area contributed by atoms with Gasteiger partial charge in [-0.3, -0.25) is 19.3 Å². The summed E-state index contributed by atoms with van der Waals surface area (Å²) in [5, 5.41) is 3.00. The molecule has 1 unspecified atom stereocenters. The average molecular weight is 515 g/mol. The van der Waals surface area contributed by atoms with E-state index in [9.17, 15) is 14.4 Å². The zero-order valence-corrected chi connectivity index (χ0v) is 19.8. The van der Waals surface area contributed by atoms with E-state index in [1.165, 1.54) is 42.1 Å². The Morgan fingerprint density at radius 1 is 1.14 bits per heavy atom. The van der Waals surface area contributed by atoms with Crippen LogP contribution in [-0.2, 0) is 4.79 Å². The molecule has 1 saturated carbocycles. The van der Waals surface area contributed by atoms with Crippen LogP contribution in [0, 0.1) is 11.6 Å². The molecular weight excluding hydrogens is 494 g/mol. The van der Waals surface area contributed by atoms with E-state index in [1.54, 1.807) is 6.20 Å². The molecule has 0 bridgehead atoms. The van der Waals surface area contributed by atoms with Crippen molar-refractivity contribution in [1.82, 2.24) is 14.9 Å². The van der Waals surface area contributed by atoms with Crippen molar-refractivity contribution in [3.05, 3.63) is 86.9 Å². The number of anilines is 1. The summed E-state index contributed by atoms with van der Waals surface area (Å²) >= 11 is 5.89. The van der Waals surface area contributed by atoms with Crippen LogP contribution in [-0.4, -0.2) is 41.1 Å². The fourth-order valence-electron chi connectivity index (χ4n) is 4.44. The Bertz CT molecular complexity index is 1380. The third kappa shape index (κ3) is 4.32. The van der Waals surface area contributed by atoms with Crippen LogP contribution in [0.15, 0.2) is 53.6 Å². The number of methoxy groups -OCH3 is 1. The standard InChI is InChI=1S/C25H21ClF2N4O4/c1-36-16-10-18(27)20(19(28)11-16)17-12-32(22-25(35)31(9-8-29-22)15-6-7-15)24(34)21(17)30-23(33)13-2-4-14(26)5-3-13/h2-5,8-11,15,17,21H,6-7,12H2,1H3,(H,30,33)/t17-,21?/m0/s1. The Labute approximate surface area is 209 Å². The van der Waals surface area contributed by atoms with Crippen molar-refractivity contribution in [2.75, 3.05) is 18.6 Å². The molecule has 0 spiro atoms. The SMILES string of the molecule is COc1cc(F)c([C@@H]2CN(c3nccn(C4CC4)c3=O)C(=O)C2NC(=O)c2ccc(Cl)cc2)c(F)c1. The zero-order chi connectivity index (χ0) is 25.6. The number of hydrogen-bond acceptors (Lipinski definition) is 5. The molecule has 11 heteroatoms. The van der Waals surface area contributed by atoms with Crippen LogP contribution >= 0.6 is 11.6 Å². The highest BCUT2D eigenvalue weighted by molar-refractivity contribution is 6.30. The summed E-state index contributed by atoms with van der Waals surface area (Å²) in [4.78, 5) is 44.7. The largest absolute Gasteiger partial charge is 0.497 e. The summed E-state index contributed by atoms with van der Waals surface area (Å²) in [5.41, 5.74) is -0.673. The van der Waals surface area contributed by atoms with Gasteiger partial charge in [0.2, 0.25) is 5.82 Å². The maximum Gasteiger partial charge on any atom is 0.294 e. The van der Waals surface area contributed by atoms with Gasteiger partial charge in [0.05, 0.1) is 7.11 Å². The molecule has 2 aromatic carbocycles. The van der Waals surface area contributed by atoms with Gasteiger partial charge in [-0.15, -0.1) is 0 Å². The van der Waals surface area contributed by atoms with Gasteiger partial charge in [0.1, 0.15) is 23.4 Å². The fourth-order valence-corrected chi connectivity index (χ4v) is 4.57. The van der Waals surface area contributed by atoms with Crippen LogP contribution in [0.5, 0.6) is 5.75 Å². The summed E-state index contributed by atoms with van der Waals surface area (Å²) in [7, 11) is 1.27. The maximum absolute atomic E-state index is 15.1. The van der Waals surface area contributed by atoms with Gasteiger partial charge in [0.25, 0.3) is 17.4 Å². The predicted molar refractivity (Wildman–Crippen MR) is 127 cm³/mol. The molecule has 5 rings (SSSR count). The zero-order valence-electron chi connectivity index (χ0n) is 19.1. The van der Waals surface area contributed by atoms with Gasteiger partial charge in [0, 0.05) is 59.2 Å². The first-order chi connectivity index (χ1) is 17.3. The Kier molecular flexibility index (Phi) is 6.21. The maximum atomic E-state index is 15.1. The third-order valence-corrected chi connectivity index (χ3v) is 6.66. The second kappa shape index (κ2) is 9.34. The highest BCUT2D eigenvalue weighted by Gasteiger charge is 2.46. The van der Waals surface area contributed by atoms with Gasteiger partial charge in [-0.05, 0) is 37.1 Å². The Balaban J connectivity index is 1.55. The monoisotopic (exact) mass is 514 g/mol. The number of halogens is 3. The molecule has 1 N–H and O–H groups in total. The topological polar surface area (TPSA) is 93.5 Å². The highest BCUT2D eigenvalue weighted by Crippen LogP contribution is 2.37. The Morgan fingerprint density at radius 3 is 2.42 bits per heavy atom. The van der Waals surface area contributed by atoms with Gasteiger partial charge >= 0.3 is 0 Å². The van der Waals surface area contributed by atoms with Gasteiger partial charge in [0.15, 0.2) is 0 Å². The van der Waals surface area contributed by atoms with E-state index in [-0.39, 0.29) is 29.7 Å². The smallest absolute Gasteiger partial charge is 0.294 e. The van der Waals surface area contributed by atoms with Gasteiger partial charge in [-0.2, -0.15) is 0 Å². The Morgan fingerprint density at radius 2 is 1.81 bits per heavy atom. The number of hydrogen-bond donors (Lipinski definition) is 1. The first-order valence-corrected chi connectivity index (χ1v) is 11.6. The second-order valence-corrected chi connectivity index (χ2v) is 9.15. The molecule has 2 atom stereocenters. The number of benzene rings is 2. The first-order valence-electron chi connectivity index (χ1n) is 11.3. The van der Waals surface area contributed by atoms with Crippen LogP contribution in [0.4, 0.5) is 14.6 Å². The van der Waals surface area contributed by atoms with E-state index in [0.717, 1.165) is 29.9 Å². The molecule has 2 amide bonds. The minimum Gasteiger partial charge on any atom is -0.497 e. The molecule has 1 saturated heterocycles. The quantitative estimate of drug-likeness (QED) is 0.544. The molecule has 2 aliphatic rings. The van der Waals surface area contributed by atoms with E-state index < -0.39 is 46.5 Å². The number of amides is 2. The number of carbonyl (C=O) groups excluding carboxylic acids is 2. The molecule has 186 valence electrons.